The molecule has 130 valence electrons. The van der Waals surface area contributed by atoms with E-state index in [9.17, 15) is 18.0 Å². The summed E-state index contributed by atoms with van der Waals surface area (Å²) < 4.78 is 36.4. The molecule has 0 aliphatic carbocycles. The molecule has 2 rings (SSSR count). The molecule has 0 radical (unpaired) electrons. The van der Waals surface area contributed by atoms with E-state index >= 15 is 0 Å². The fourth-order valence-electron chi connectivity index (χ4n) is 2.02. The third-order valence-electron chi connectivity index (χ3n) is 3.39. The van der Waals surface area contributed by atoms with Crippen LogP contribution in [-0.4, -0.2) is 50.8 Å². The minimum atomic E-state index is -4.26. The van der Waals surface area contributed by atoms with Crippen LogP contribution in [-0.2, 0) is 11.3 Å². The maximum atomic E-state index is 12.1. The minimum Gasteiger partial charge on any atom is -0.345 e. The summed E-state index contributed by atoms with van der Waals surface area (Å²) in [4.78, 5) is 14.2. The number of hydrogen-bond donors (Lipinski definition) is 0. The van der Waals surface area contributed by atoms with Crippen molar-refractivity contribution in [1.29, 1.82) is 0 Å². The lowest BCUT2D eigenvalue weighted by atomic mass is 10.2. The van der Waals surface area contributed by atoms with E-state index in [2.05, 4.69) is 15.4 Å². The van der Waals surface area contributed by atoms with Crippen LogP contribution in [0.15, 0.2) is 30.3 Å². The maximum absolute atomic E-state index is 12.1. The number of tetrazole rings is 1. The van der Waals surface area contributed by atoms with E-state index in [4.69, 9.17) is 0 Å². The summed E-state index contributed by atoms with van der Waals surface area (Å²) in [5.41, 5.74) is 0.840. The molecule has 0 aliphatic heterocycles. The molecule has 0 fully saturated rings. The predicted octanol–water partition coefficient (Wildman–Crippen LogP) is 2.53. The Balaban J connectivity index is 1.76. The number of aryl methyl sites for hydroxylation is 1. The Labute approximate surface area is 137 Å². The van der Waals surface area contributed by atoms with Crippen molar-refractivity contribution in [3.8, 4) is 11.4 Å². The van der Waals surface area contributed by atoms with E-state index in [1.807, 2.05) is 30.3 Å². The van der Waals surface area contributed by atoms with Gasteiger partial charge in [-0.05, 0) is 11.6 Å². The first-order chi connectivity index (χ1) is 11.3. The highest BCUT2D eigenvalue weighted by atomic mass is 19.4. The quantitative estimate of drug-likeness (QED) is 0.776. The molecule has 0 N–H and O–H groups in total. The molecule has 1 aromatic carbocycles. The summed E-state index contributed by atoms with van der Waals surface area (Å²) in [6.07, 6.45) is -4.69. The molecule has 0 saturated carbocycles. The van der Waals surface area contributed by atoms with Gasteiger partial charge in [0.05, 0.1) is 13.0 Å². The number of benzene rings is 1. The fourth-order valence-corrected chi connectivity index (χ4v) is 2.02. The Hall–Kier alpha value is -2.45. The molecular formula is C15H18F3N5O. The van der Waals surface area contributed by atoms with Crippen LogP contribution < -0.4 is 0 Å². The van der Waals surface area contributed by atoms with Crippen LogP contribution in [0.5, 0.6) is 0 Å². The second-order valence-electron chi connectivity index (χ2n) is 5.36. The Morgan fingerprint density at radius 1 is 1.25 bits per heavy atom. The van der Waals surface area contributed by atoms with Gasteiger partial charge in [-0.25, -0.2) is 0 Å². The third kappa shape index (κ3) is 5.64. The van der Waals surface area contributed by atoms with Crippen molar-refractivity contribution in [2.45, 2.75) is 32.0 Å². The van der Waals surface area contributed by atoms with Gasteiger partial charge in [0.2, 0.25) is 11.7 Å². The zero-order valence-corrected chi connectivity index (χ0v) is 13.2. The van der Waals surface area contributed by atoms with E-state index in [0.29, 0.717) is 18.8 Å². The van der Waals surface area contributed by atoms with Crippen LogP contribution in [0, 0.1) is 0 Å². The molecule has 0 bridgehead atoms. The third-order valence-corrected chi connectivity index (χ3v) is 3.39. The molecule has 0 unspecified atom stereocenters. The van der Waals surface area contributed by atoms with Gasteiger partial charge in [-0.15, -0.1) is 10.2 Å². The minimum absolute atomic E-state index is 0.135. The summed E-state index contributed by atoms with van der Waals surface area (Å²) >= 11 is 0. The van der Waals surface area contributed by atoms with Gasteiger partial charge in [0.15, 0.2) is 0 Å². The van der Waals surface area contributed by atoms with E-state index < -0.39 is 12.6 Å². The predicted molar refractivity (Wildman–Crippen MR) is 80.8 cm³/mol. The van der Waals surface area contributed by atoms with E-state index in [0.717, 1.165) is 10.5 Å². The average Bonchev–Trinajstić information content (AvgIpc) is 3.01. The number of amides is 1. The highest BCUT2D eigenvalue weighted by Gasteiger charge is 2.27. The summed E-state index contributed by atoms with van der Waals surface area (Å²) in [6, 6.07) is 9.34. The summed E-state index contributed by atoms with van der Waals surface area (Å²) in [5, 5.41) is 12.1. The summed E-state index contributed by atoms with van der Waals surface area (Å²) in [7, 11) is 1.37. The van der Waals surface area contributed by atoms with Gasteiger partial charge >= 0.3 is 6.18 Å². The highest BCUT2D eigenvalue weighted by Crippen LogP contribution is 2.19. The normalized spacial score (nSPS) is 11.5. The Kier molecular flexibility index (Phi) is 5.88. The summed E-state index contributed by atoms with van der Waals surface area (Å²) in [5.74, 6) is 0.159. The van der Waals surface area contributed by atoms with Crippen molar-refractivity contribution in [2.75, 3.05) is 13.6 Å². The zero-order valence-electron chi connectivity index (χ0n) is 13.2. The van der Waals surface area contributed by atoms with Crippen molar-refractivity contribution in [2.24, 2.45) is 0 Å². The number of nitrogens with zero attached hydrogens (tertiary/aromatic N) is 5. The molecule has 2 aromatic rings. The van der Waals surface area contributed by atoms with Crippen LogP contribution in [0.2, 0.25) is 0 Å². The van der Waals surface area contributed by atoms with Gasteiger partial charge in [-0.2, -0.15) is 18.0 Å². The Morgan fingerprint density at radius 2 is 1.96 bits per heavy atom. The molecule has 1 amide bonds. The second kappa shape index (κ2) is 7.89. The van der Waals surface area contributed by atoms with Crippen LogP contribution in [0.25, 0.3) is 11.4 Å². The van der Waals surface area contributed by atoms with Gasteiger partial charge in [-0.1, -0.05) is 30.3 Å². The van der Waals surface area contributed by atoms with Gasteiger partial charge in [0.25, 0.3) is 0 Å². The Morgan fingerprint density at radius 3 is 2.62 bits per heavy atom. The van der Waals surface area contributed by atoms with Crippen molar-refractivity contribution in [3.63, 3.8) is 0 Å². The lowest BCUT2D eigenvalue weighted by molar-refractivity contribution is -0.144. The van der Waals surface area contributed by atoms with Gasteiger partial charge in [0, 0.05) is 25.6 Å². The van der Waals surface area contributed by atoms with Crippen molar-refractivity contribution in [3.05, 3.63) is 30.3 Å². The van der Waals surface area contributed by atoms with Gasteiger partial charge < -0.3 is 4.90 Å². The first kappa shape index (κ1) is 17.9. The largest absolute Gasteiger partial charge is 0.390 e. The number of carbonyl (C=O) groups excluding carboxylic acids is 1. The van der Waals surface area contributed by atoms with Crippen LogP contribution in [0.3, 0.4) is 0 Å². The SMILES string of the molecule is CN(CCC(F)(F)F)C(=O)CCCn1nnc(-c2ccccc2)n1. The number of hydrogen-bond acceptors (Lipinski definition) is 4. The molecule has 0 saturated heterocycles. The van der Waals surface area contributed by atoms with Crippen LogP contribution in [0.4, 0.5) is 13.2 Å². The molecule has 1 heterocycles. The average molecular weight is 341 g/mol. The van der Waals surface area contributed by atoms with Crippen molar-refractivity contribution >= 4 is 5.91 Å². The first-order valence-electron chi connectivity index (χ1n) is 7.49. The standard InChI is InChI=1S/C15H18F3N5O/c1-22(11-9-15(16,17)18)13(24)8-5-10-23-20-14(19-21-23)12-6-3-2-4-7-12/h2-4,6-7H,5,8-11H2,1H3. The smallest absolute Gasteiger partial charge is 0.345 e. The molecule has 6 nitrogen and oxygen atoms in total. The van der Waals surface area contributed by atoms with Crippen LogP contribution >= 0.6 is 0 Å². The topological polar surface area (TPSA) is 63.9 Å². The molecule has 0 aliphatic rings. The number of aromatic nitrogens is 4. The van der Waals surface area contributed by atoms with Crippen molar-refractivity contribution in [1.82, 2.24) is 25.1 Å². The van der Waals surface area contributed by atoms with E-state index in [1.54, 1.807) is 0 Å². The van der Waals surface area contributed by atoms with E-state index in [-0.39, 0.29) is 18.9 Å². The molecular weight excluding hydrogens is 323 g/mol. The molecule has 1 aromatic heterocycles. The highest BCUT2D eigenvalue weighted by molar-refractivity contribution is 5.75. The molecule has 24 heavy (non-hydrogen) atoms. The lowest BCUT2D eigenvalue weighted by Gasteiger charge is -2.17. The molecule has 9 heteroatoms. The molecule has 0 atom stereocenters. The monoisotopic (exact) mass is 341 g/mol. The fraction of sp³-hybridized carbons (Fsp3) is 0.467. The number of rotatable bonds is 7. The Bertz CT molecular complexity index is 657. The van der Waals surface area contributed by atoms with Crippen LogP contribution in [0.1, 0.15) is 19.3 Å². The second-order valence-corrected chi connectivity index (χ2v) is 5.36. The molecule has 0 spiro atoms. The zero-order chi connectivity index (χ0) is 17.6. The lowest BCUT2D eigenvalue weighted by Crippen LogP contribution is -2.30. The van der Waals surface area contributed by atoms with E-state index in [1.165, 1.54) is 11.8 Å². The van der Waals surface area contributed by atoms with Gasteiger partial charge in [-0.3, -0.25) is 4.79 Å². The van der Waals surface area contributed by atoms with Gasteiger partial charge in [0.1, 0.15) is 0 Å². The van der Waals surface area contributed by atoms with Crippen molar-refractivity contribution < 1.29 is 18.0 Å². The number of carbonyl (C=O) groups is 1. The number of halogens is 3. The maximum Gasteiger partial charge on any atom is 0.390 e. The summed E-state index contributed by atoms with van der Waals surface area (Å²) in [6.45, 7) is 0.0424. The number of alkyl halides is 3. The first-order valence-corrected chi connectivity index (χ1v) is 7.49.